The predicted molar refractivity (Wildman–Crippen MR) is 84.8 cm³/mol. The molecule has 0 N–H and O–H groups in total. The topological polar surface area (TPSA) is 49.9 Å². The van der Waals surface area contributed by atoms with E-state index in [0.29, 0.717) is 25.4 Å². The van der Waals surface area contributed by atoms with E-state index in [-0.39, 0.29) is 5.75 Å². The molecule has 2 rings (SSSR count). The molecule has 2 heterocycles. The van der Waals surface area contributed by atoms with Crippen LogP contribution in [0.25, 0.3) is 0 Å². The van der Waals surface area contributed by atoms with E-state index in [1.54, 1.807) is 10.4 Å². The molecular weight excluding hydrogens is 288 g/mol. The fourth-order valence-corrected chi connectivity index (χ4v) is 4.52. The van der Waals surface area contributed by atoms with E-state index in [1.807, 2.05) is 0 Å². The second kappa shape index (κ2) is 8.27. The average molecular weight is 316 g/mol. The third-order valence-electron chi connectivity index (χ3n) is 4.50. The Hall–Kier alpha value is -0.430. The SMILES string of the molecule is C=CCCS(=O)(=O)N1CCC(CCN2CCOCC2)CC1. The summed E-state index contributed by atoms with van der Waals surface area (Å²) in [7, 11) is -3.07. The quantitative estimate of drug-likeness (QED) is 0.665. The van der Waals surface area contributed by atoms with Gasteiger partial charge in [-0.1, -0.05) is 6.08 Å². The molecule has 0 aliphatic carbocycles. The van der Waals surface area contributed by atoms with Crippen LogP contribution in [0.1, 0.15) is 25.7 Å². The Bertz CT molecular complexity index is 411. The summed E-state index contributed by atoms with van der Waals surface area (Å²) < 4.78 is 31.2. The number of rotatable bonds is 7. The summed E-state index contributed by atoms with van der Waals surface area (Å²) in [5.41, 5.74) is 0. The number of morpholine rings is 1. The molecule has 2 fully saturated rings. The number of hydrogen-bond donors (Lipinski definition) is 0. The molecule has 0 spiro atoms. The molecule has 2 aliphatic rings. The third-order valence-corrected chi connectivity index (χ3v) is 6.41. The minimum Gasteiger partial charge on any atom is -0.379 e. The summed E-state index contributed by atoms with van der Waals surface area (Å²) >= 11 is 0. The zero-order valence-electron chi connectivity index (χ0n) is 12.9. The van der Waals surface area contributed by atoms with Crippen LogP contribution in [0.15, 0.2) is 12.7 Å². The Morgan fingerprint density at radius 2 is 1.81 bits per heavy atom. The molecule has 0 unspecified atom stereocenters. The predicted octanol–water partition coefficient (Wildman–Crippen LogP) is 1.33. The van der Waals surface area contributed by atoms with Crippen LogP contribution in [0, 0.1) is 5.92 Å². The third kappa shape index (κ3) is 5.36. The maximum absolute atomic E-state index is 12.1. The first kappa shape index (κ1) is 16.9. The average Bonchev–Trinajstić information content (AvgIpc) is 2.52. The van der Waals surface area contributed by atoms with Gasteiger partial charge in [0.25, 0.3) is 0 Å². The van der Waals surface area contributed by atoms with Gasteiger partial charge in [0.2, 0.25) is 10.0 Å². The second-order valence-corrected chi connectivity index (χ2v) is 8.07. The first-order valence-corrected chi connectivity index (χ1v) is 9.61. The van der Waals surface area contributed by atoms with Gasteiger partial charge in [-0.15, -0.1) is 6.58 Å². The van der Waals surface area contributed by atoms with Crippen LogP contribution in [-0.4, -0.2) is 69.3 Å². The van der Waals surface area contributed by atoms with Gasteiger partial charge in [0.1, 0.15) is 0 Å². The summed E-state index contributed by atoms with van der Waals surface area (Å²) in [6.07, 6.45) is 5.39. The fraction of sp³-hybridized carbons (Fsp3) is 0.867. The smallest absolute Gasteiger partial charge is 0.214 e. The van der Waals surface area contributed by atoms with Gasteiger partial charge in [-0.25, -0.2) is 12.7 Å². The number of hydrogen-bond acceptors (Lipinski definition) is 4. The van der Waals surface area contributed by atoms with E-state index in [4.69, 9.17) is 4.74 Å². The lowest BCUT2D eigenvalue weighted by atomic mass is 9.94. The van der Waals surface area contributed by atoms with E-state index in [1.165, 1.54) is 6.42 Å². The van der Waals surface area contributed by atoms with E-state index in [9.17, 15) is 8.42 Å². The Labute approximate surface area is 129 Å². The minimum atomic E-state index is -3.07. The molecule has 0 aromatic heterocycles. The highest BCUT2D eigenvalue weighted by Crippen LogP contribution is 2.23. The lowest BCUT2D eigenvalue weighted by molar-refractivity contribution is 0.0343. The van der Waals surface area contributed by atoms with E-state index in [2.05, 4.69) is 11.5 Å². The van der Waals surface area contributed by atoms with Gasteiger partial charge in [-0.2, -0.15) is 0 Å². The molecule has 6 heteroatoms. The second-order valence-electron chi connectivity index (χ2n) is 5.98. The lowest BCUT2D eigenvalue weighted by Crippen LogP contribution is -2.41. The van der Waals surface area contributed by atoms with Gasteiger partial charge in [0.15, 0.2) is 0 Å². The van der Waals surface area contributed by atoms with Gasteiger partial charge in [-0.05, 0) is 38.1 Å². The van der Waals surface area contributed by atoms with Crippen molar-refractivity contribution in [3.63, 3.8) is 0 Å². The maximum Gasteiger partial charge on any atom is 0.214 e. The maximum atomic E-state index is 12.1. The first-order valence-electron chi connectivity index (χ1n) is 8.00. The zero-order valence-corrected chi connectivity index (χ0v) is 13.7. The van der Waals surface area contributed by atoms with Crippen LogP contribution >= 0.6 is 0 Å². The van der Waals surface area contributed by atoms with Gasteiger partial charge >= 0.3 is 0 Å². The number of sulfonamides is 1. The highest BCUT2D eigenvalue weighted by atomic mass is 32.2. The molecule has 0 saturated carbocycles. The van der Waals surface area contributed by atoms with E-state index in [0.717, 1.165) is 45.7 Å². The number of allylic oxidation sites excluding steroid dienone is 1. The Balaban J connectivity index is 1.69. The number of ether oxygens (including phenoxy) is 1. The molecule has 5 nitrogen and oxygen atoms in total. The Kier molecular flexibility index (Phi) is 6.67. The number of nitrogens with zero attached hydrogens (tertiary/aromatic N) is 2. The molecule has 0 aromatic rings. The Morgan fingerprint density at radius 3 is 2.43 bits per heavy atom. The van der Waals surface area contributed by atoms with Crippen LogP contribution in [-0.2, 0) is 14.8 Å². The van der Waals surface area contributed by atoms with Crippen molar-refractivity contribution >= 4 is 10.0 Å². The molecule has 0 radical (unpaired) electrons. The largest absolute Gasteiger partial charge is 0.379 e. The van der Waals surface area contributed by atoms with Crippen LogP contribution in [0.3, 0.4) is 0 Å². The molecule has 0 atom stereocenters. The first-order chi connectivity index (χ1) is 10.1. The lowest BCUT2D eigenvalue weighted by Gasteiger charge is -2.33. The van der Waals surface area contributed by atoms with E-state index < -0.39 is 10.0 Å². The normalized spacial score (nSPS) is 23.2. The summed E-state index contributed by atoms with van der Waals surface area (Å²) in [4.78, 5) is 2.46. The summed E-state index contributed by atoms with van der Waals surface area (Å²) in [5.74, 6) is 0.869. The van der Waals surface area contributed by atoms with Gasteiger partial charge in [0, 0.05) is 26.2 Å². The van der Waals surface area contributed by atoms with Crippen molar-refractivity contribution in [1.29, 1.82) is 0 Å². The van der Waals surface area contributed by atoms with Crippen molar-refractivity contribution in [3.8, 4) is 0 Å². The molecule has 122 valence electrons. The van der Waals surface area contributed by atoms with Gasteiger partial charge < -0.3 is 4.74 Å². The van der Waals surface area contributed by atoms with Crippen molar-refractivity contribution in [2.24, 2.45) is 5.92 Å². The molecule has 2 saturated heterocycles. The van der Waals surface area contributed by atoms with E-state index >= 15 is 0 Å². The fourth-order valence-electron chi connectivity index (χ4n) is 3.03. The van der Waals surface area contributed by atoms with Crippen LogP contribution in [0.2, 0.25) is 0 Å². The van der Waals surface area contributed by atoms with Gasteiger partial charge in [0.05, 0.1) is 19.0 Å². The van der Waals surface area contributed by atoms with Crippen molar-refractivity contribution in [2.45, 2.75) is 25.7 Å². The molecule has 0 bridgehead atoms. The highest BCUT2D eigenvalue weighted by Gasteiger charge is 2.27. The van der Waals surface area contributed by atoms with Crippen LogP contribution < -0.4 is 0 Å². The molecule has 2 aliphatic heterocycles. The van der Waals surface area contributed by atoms with Crippen molar-refractivity contribution in [1.82, 2.24) is 9.21 Å². The van der Waals surface area contributed by atoms with Crippen molar-refractivity contribution in [3.05, 3.63) is 12.7 Å². The molecular formula is C15H28N2O3S. The molecule has 0 amide bonds. The van der Waals surface area contributed by atoms with Gasteiger partial charge in [-0.3, -0.25) is 4.90 Å². The monoisotopic (exact) mass is 316 g/mol. The zero-order chi connectivity index (χ0) is 15.1. The summed E-state index contributed by atoms with van der Waals surface area (Å²) in [6, 6.07) is 0. The Morgan fingerprint density at radius 1 is 1.14 bits per heavy atom. The van der Waals surface area contributed by atoms with Crippen molar-refractivity contribution < 1.29 is 13.2 Å². The van der Waals surface area contributed by atoms with Crippen LogP contribution in [0.4, 0.5) is 0 Å². The summed E-state index contributed by atoms with van der Waals surface area (Å²) in [5, 5.41) is 0. The minimum absolute atomic E-state index is 0.203. The molecule has 0 aromatic carbocycles. The van der Waals surface area contributed by atoms with Crippen molar-refractivity contribution in [2.75, 3.05) is 51.7 Å². The highest BCUT2D eigenvalue weighted by molar-refractivity contribution is 7.89. The van der Waals surface area contributed by atoms with Crippen LogP contribution in [0.5, 0.6) is 0 Å². The number of piperidine rings is 1. The standard InChI is InChI=1S/C15H28N2O3S/c1-2-3-14-21(18,19)17-8-5-15(6-9-17)4-7-16-10-12-20-13-11-16/h2,15H,1,3-14H2. The molecule has 21 heavy (non-hydrogen) atoms. The summed E-state index contributed by atoms with van der Waals surface area (Å²) in [6.45, 7) is 9.86.